The van der Waals surface area contributed by atoms with Crippen LogP contribution in [0.5, 0.6) is 0 Å². The summed E-state index contributed by atoms with van der Waals surface area (Å²) < 4.78 is 5.32. The lowest BCUT2D eigenvalue weighted by Gasteiger charge is -2.34. The summed E-state index contributed by atoms with van der Waals surface area (Å²) >= 11 is 0. The Hall–Kier alpha value is -0.610. The van der Waals surface area contributed by atoms with Crippen LogP contribution in [-0.2, 0) is 9.53 Å². The van der Waals surface area contributed by atoms with Gasteiger partial charge in [0.25, 0.3) is 0 Å². The lowest BCUT2D eigenvalue weighted by atomic mass is 9.85. The van der Waals surface area contributed by atoms with Crippen LogP contribution in [0.25, 0.3) is 0 Å². The SMILES string of the molecule is CNC(NC)C(C)(C)CC(=O)OC(C)(C)C. The van der Waals surface area contributed by atoms with Gasteiger partial charge >= 0.3 is 5.97 Å². The third-order valence-electron chi connectivity index (χ3n) is 2.38. The van der Waals surface area contributed by atoms with Crippen molar-refractivity contribution >= 4 is 5.97 Å². The average molecular weight is 230 g/mol. The van der Waals surface area contributed by atoms with E-state index >= 15 is 0 Å². The van der Waals surface area contributed by atoms with Crippen molar-refractivity contribution in [3.63, 3.8) is 0 Å². The summed E-state index contributed by atoms with van der Waals surface area (Å²) in [5.74, 6) is -0.159. The number of rotatable bonds is 5. The number of carbonyl (C=O) groups excluding carboxylic acids is 1. The molecule has 4 nitrogen and oxygen atoms in total. The van der Waals surface area contributed by atoms with E-state index in [0.29, 0.717) is 6.42 Å². The van der Waals surface area contributed by atoms with Gasteiger partial charge in [-0.2, -0.15) is 0 Å². The summed E-state index contributed by atoms with van der Waals surface area (Å²) in [5, 5.41) is 6.28. The lowest BCUT2D eigenvalue weighted by molar-refractivity contribution is -0.157. The van der Waals surface area contributed by atoms with Crippen molar-refractivity contribution in [3.05, 3.63) is 0 Å². The Morgan fingerprint density at radius 3 is 1.88 bits per heavy atom. The first-order valence-corrected chi connectivity index (χ1v) is 5.69. The van der Waals surface area contributed by atoms with Gasteiger partial charge < -0.3 is 15.4 Å². The third kappa shape index (κ3) is 5.47. The van der Waals surface area contributed by atoms with Gasteiger partial charge in [0.2, 0.25) is 0 Å². The number of hydrogen-bond acceptors (Lipinski definition) is 4. The van der Waals surface area contributed by atoms with Crippen LogP contribution >= 0.6 is 0 Å². The van der Waals surface area contributed by atoms with Crippen molar-refractivity contribution in [2.45, 2.75) is 52.8 Å². The van der Waals surface area contributed by atoms with Gasteiger partial charge in [0.05, 0.1) is 12.6 Å². The molecule has 4 heteroatoms. The van der Waals surface area contributed by atoms with Gasteiger partial charge in [-0.15, -0.1) is 0 Å². The zero-order chi connectivity index (χ0) is 13.0. The Kier molecular flexibility index (Phi) is 5.42. The molecule has 0 aliphatic carbocycles. The Labute approximate surface area is 99.1 Å². The third-order valence-corrected chi connectivity index (χ3v) is 2.38. The average Bonchev–Trinajstić information content (AvgIpc) is 1.99. The molecule has 0 radical (unpaired) electrons. The number of carbonyl (C=O) groups is 1. The fourth-order valence-corrected chi connectivity index (χ4v) is 1.78. The van der Waals surface area contributed by atoms with Crippen molar-refractivity contribution in [1.82, 2.24) is 10.6 Å². The maximum absolute atomic E-state index is 11.7. The molecular formula is C12H26N2O2. The van der Waals surface area contributed by atoms with Gasteiger partial charge in [-0.3, -0.25) is 4.79 Å². The van der Waals surface area contributed by atoms with Gasteiger partial charge in [-0.1, -0.05) is 13.8 Å². The van der Waals surface area contributed by atoms with Gasteiger partial charge in [0.15, 0.2) is 0 Å². The monoisotopic (exact) mass is 230 g/mol. The van der Waals surface area contributed by atoms with E-state index in [4.69, 9.17) is 4.74 Å². The minimum absolute atomic E-state index is 0.0834. The molecule has 96 valence electrons. The van der Waals surface area contributed by atoms with Crippen molar-refractivity contribution in [3.8, 4) is 0 Å². The second-order valence-electron chi connectivity index (χ2n) is 5.76. The molecule has 0 aliphatic rings. The molecule has 0 rings (SSSR count). The first-order chi connectivity index (χ1) is 7.12. The summed E-state index contributed by atoms with van der Waals surface area (Å²) in [4.78, 5) is 11.7. The standard InChI is InChI=1S/C12H26N2O2/c1-11(2,3)16-9(15)8-12(4,5)10(13-6)14-7/h10,13-14H,8H2,1-7H3. The Balaban J connectivity index is 4.41. The molecule has 0 fully saturated rings. The van der Waals surface area contributed by atoms with Crippen molar-refractivity contribution in [2.75, 3.05) is 14.1 Å². The molecule has 0 bridgehead atoms. The molecule has 16 heavy (non-hydrogen) atoms. The van der Waals surface area contributed by atoms with E-state index in [-0.39, 0.29) is 17.6 Å². The van der Waals surface area contributed by atoms with Crippen LogP contribution in [-0.4, -0.2) is 31.8 Å². The molecule has 0 aliphatic heterocycles. The Bertz CT molecular complexity index is 228. The predicted molar refractivity (Wildman–Crippen MR) is 66.2 cm³/mol. The molecule has 0 aromatic heterocycles. The first-order valence-electron chi connectivity index (χ1n) is 5.69. The second-order valence-corrected chi connectivity index (χ2v) is 5.76. The summed E-state index contributed by atoms with van der Waals surface area (Å²) in [6.07, 6.45) is 0.469. The smallest absolute Gasteiger partial charge is 0.306 e. The summed E-state index contributed by atoms with van der Waals surface area (Å²) in [5.41, 5.74) is -0.603. The van der Waals surface area contributed by atoms with E-state index in [1.54, 1.807) is 0 Å². The zero-order valence-electron chi connectivity index (χ0n) is 11.6. The predicted octanol–water partition coefficient (Wildman–Crippen LogP) is 1.51. The van der Waals surface area contributed by atoms with Crippen molar-refractivity contribution in [1.29, 1.82) is 0 Å². The largest absolute Gasteiger partial charge is 0.460 e. The number of ether oxygens (including phenoxy) is 1. The normalized spacial score (nSPS) is 13.0. The van der Waals surface area contributed by atoms with E-state index in [2.05, 4.69) is 10.6 Å². The van der Waals surface area contributed by atoms with Crippen molar-refractivity contribution < 1.29 is 9.53 Å². The van der Waals surface area contributed by atoms with E-state index in [1.165, 1.54) is 0 Å². The Morgan fingerprint density at radius 2 is 1.56 bits per heavy atom. The van der Waals surface area contributed by atoms with Crippen LogP contribution in [0.2, 0.25) is 0 Å². The van der Waals surface area contributed by atoms with Crippen LogP contribution in [0.1, 0.15) is 41.0 Å². The van der Waals surface area contributed by atoms with Gasteiger partial charge in [0, 0.05) is 5.41 Å². The summed E-state index contributed by atoms with van der Waals surface area (Å²) in [7, 11) is 3.75. The molecule has 0 spiro atoms. The van der Waals surface area contributed by atoms with Gasteiger partial charge in [0.1, 0.15) is 5.60 Å². The van der Waals surface area contributed by atoms with Crippen molar-refractivity contribution in [2.24, 2.45) is 5.41 Å². The fraction of sp³-hybridized carbons (Fsp3) is 0.917. The molecule has 0 heterocycles. The molecule has 0 unspecified atom stereocenters. The molecule has 2 N–H and O–H groups in total. The highest BCUT2D eigenvalue weighted by molar-refractivity contribution is 5.70. The number of nitrogens with one attached hydrogen (secondary N) is 2. The summed E-state index contributed by atoms with van der Waals surface area (Å²) in [6, 6.07) is 0. The lowest BCUT2D eigenvalue weighted by Crippen LogP contribution is -2.50. The first kappa shape index (κ1) is 15.4. The molecule has 0 amide bonds. The van der Waals surface area contributed by atoms with Crippen LogP contribution in [0.15, 0.2) is 0 Å². The van der Waals surface area contributed by atoms with Gasteiger partial charge in [-0.25, -0.2) is 0 Å². The highest BCUT2D eigenvalue weighted by Gasteiger charge is 2.31. The zero-order valence-corrected chi connectivity index (χ0v) is 11.6. The number of hydrogen-bond donors (Lipinski definition) is 2. The molecule has 0 atom stereocenters. The van der Waals surface area contributed by atoms with Crippen LogP contribution < -0.4 is 10.6 Å². The minimum Gasteiger partial charge on any atom is -0.460 e. The maximum atomic E-state index is 11.7. The van der Waals surface area contributed by atoms with Crippen LogP contribution in [0, 0.1) is 5.41 Å². The highest BCUT2D eigenvalue weighted by Crippen LogP contribution is 2.25. The summed E-state index contributed by atoms with van der Waals surface area (Å²) in [6.45, 7) is 9.71. The van der Waals surface area contributed by atoms with Crippen LogP contribution in [0.4, 0.5) is 0 Å². The van der Waals surface area contributed by atoms with Gasteiger partial charge in [-0.05, 0) is 34.9 Å². The maximum Gasteiger partial charge on any atom is 0.306 e. The highest BCUT2D eigenvalue weighted by atomic mass is 16.6. The fourth-order valence-electron chi connectivity index (χ4n) is 1.78. The molecule has 0 saturated carbocycles. The number of esters is 1. The second kappa shape index (κ2) is 5.64. The van der Waals surface area contributed by atoms with E-state index in [9.17, 15) is 4.79 Å². The molecule has 0 aromatic rings. The van der Waals surface area contributed by atoms with E-state index < -0.39 is 5.60 Å². The van der Waals surface area contributed by atoms with E-state index in [1.807, 2.05) is 48.7 Å². The Morgan fingerprint density at radius 1 is 1.12 bits per heavy atom. The quantitative estimate of drug-likeness (QED) is 0.555. The van der Waals surface area contributed by atoms with E-state index in [0.717, 1.165) is 0 Å². The minimum atomic E-state index is -0.415. The molecule has 0 saturated heterocycles. The molecule has 0 aromatic carbocycles. The molecular weight excluding hydrogens is 204 g/mol. The van der Waals surface area contributed by atoms with Crippen LogP contribution in [0.3, 0.4) is 0 Å². The topological polar surface area (TPSA) is 50.4 Å².